The van der Waals surface area contributed by atoms with Gasteiger partial charge in [-0.1, -0.05) is 12.1 Å². The van der Waals surface area contributed by atoms with Crippen LogP contribution in [0, 0.1) is 25.1 Å². The first kappa shape index (κ1) is 20.1. The van der Waals surface area contributed by atoms with E-state index in [4.69, 9.17) is 5.41 Å². The first-order valence-electron chi connectivity index (χ1n) is 9.92. The van der Waals surface area contributed by atoms with Crippen LogP contribution in [0.1, 0.15) is 22.4 Å². The molecule has 1 N–H and O–H groups in total. The molecule has 0 spiro atoms. The molecule has 0 saturated carbocycles. The predicted octanol–water partition coefficient (Wildman–Crippen LogP) is 4.90. The number of aliphatic imine (C=N–C) groups is 1. The SMILES string of the molecule is Cc1cccc(-n2cccc2/C=C2/C(=N)N3N=C(c4ccc(F)cc4)SC3=NC2=O)c1C. The van der Waals surface area contributed by atoms with Crippen molar-refractivity contribution in [3.63, 3.8) is 0 Å². The van der Waals surface area contributed by atoms with Crippen molar-refractivity contribution in [2.24, 2.45) is 10.1 Å². The van der Waals surface area contributed by atoms with E-state index < -0.39 is 5.91 Å². The summed E-state index contributed by atoms with van der Waals surface area (Å²) in [6.45, 7) is 4.11. The van der Waals surface area contributed by atoms with Gasteiger partial charge in [-0.15, -0.1) is 0 Å². The Morgan fingerprint density at radius 3 is 2.62 bits per heavy atom. The van der Waals surface area contributed by atoms with Crippen molar-refractivity contribution in [3.05, 3.63) is 94.6 Å². The number of carbonyl (C=O) groups excluding carboxylic acids is 1. The maximum atomic E-state index is 13.2. The number of halogens is 1. The van der Waals surface area contributed by atoms with Gasteiger partial charge in [0.15, 0.2) is 5.84 Å². The number of hydrogen-bond donors (Lipinski definition) is 1. The molecule has 8 heteroatoms. The molecule has 5 rings (SSSR count). The average molecular weight is 444 g/mol. The monoisotopic (exact) mass is 443 g/mol. The van der Waals surface area contributed by atoms with Gasteiger partial charge < -0.3 is 4.57 Å². The van der Waals surface area contributed by atoms with Crippen molar-refractivity contribution in [1.29, 1.82) is 5.41 Å². The standard InChI is InChI=1S/C24H18FN5OS/c1-14-5-3-7-20(15(14)2)29-12-4-6-18(29)13-19-21(26)30-24(27-22(19)31)32-23(28-30)16-8-10-17(25)11-9-16/h3-13,26H,1-2H3/b19-13-,26-21?. The number of hydrazone groups is 1. The number of aromatic nitrogens is 1. The van der Waals surface area contributed by atoms with Gasteiger partial charge in [-0.25, -0.2) is 4.39 Å². The van der Waals surface area contributed by atoms with Crippen molar-refractivity contribution in [3.8, 4) is 5.69 Å². The Bertz CT molecular complexity index is 1370. The maximum absolute atomic E-state index is 13.2. The summed E-state index contributed by atoms with van der Waals surface area (Å²) in [7, 11) is 0. The first-order chi connectivity index (χ1) is 15.4. The number of amides is 1. The van der Waals surface area contributed by atoms with Crippen LogP contribution in [0.25, 0.3) is 11.8 Å². The van der Waals surface area contributed by atoms with E-state index in [1.165, 1.54) is 34.5 Å². The van der Waals surface area contributed by atoms with E-state index in [1.54, 1.807) is 18.2 Å². The van der Waals surface area contributed by atoms with Crippen molar-refractivity contribution < 1.29 is 9.18 Å². The zero-order valence-electron chi connectivity index (χ0n) is 17.3. The molecule has 0 bridgehead atoms. The smallest absolute Gasteiger partial charge is 0.283 e. The lowest BCUT2D eigenvalue weighted by Crippen LogP contribution is -2.35. The van der Waals surface area contributed by atoms with Crippen molar-refractivity contribution >= 4 is 39.8 Å². The quantitative estimate of drug-likeness (QED) is 0.585. The molecular weight excluding hydrogens is 425 g/mol. The highest BCUT2D eigenvalue weighted by Crippen LogP contribution is 2.31. The van der Waals surface area contributed by atoms with E-state index in [0.29, 0.717) is 15.8 Å². The Morgan fingerprint density at radius 1 is 1.06 bits per heavy atom. The van der Waals surface area contributed by atoms with Crippen LogP contribution in [0.2, 0.25) is 0 Å². The molecule has 0 fully saturated rings. The maximum Gasteiger partial charge on any atom is 0.283 e. The summed E-state index contributed by atoms with van der Waals surface area (Å²) in [5.41, 5.74) is 4.93. The van der Waals surface area contributed by atoms with Crippen LogP contribution >= 0.6 is 11.8 Å². The minimum absolute atomic E-state index is 0.0432. The minimum Gasteiger partial charge on any atom is -0.317 e. The van der Waals surface area contributed by atoms with Crippen LogP contribution < -0.4 is 0 Å². The Kier molecular flexibility index (Phi) is 4.86. The third-order valence-electron chi connectivity index (χ3n) is 5.45. The lowest BCUT2D eigenvalue weighted by Gasteiger charge is -2.20. The molecule has 2 aliphatic rings. The number of hydrogen-bond acceptors (Lipinski definition) is 4. The lowest BCUT2D eigenvalue weighted by molar-refractivity contribution is -0.114. The zero-order chi connectivity index (χ0) is 22.4. The van der Waals surface area contributed by atoms with E-state index in [1.807, 2.05) is 35.0 Å². The number of fused-ring (bicyclic) bond motifs is 1. The fraction of sp³-hybridized carbons (Fsp3) is 0.0833. The highest BCUT2D eigenvalue weighted by molar-refractivity contribution is 8.27. The highest BCUT2D eigenvalue weighted by atomic mass is 32.2. The second-order valence-electron chi connectivity index (χ2n) is 7.45. The summed E-state index contributed by atoms with van der Waals surface area (Å²) in [5, 5.41) is 15.3. The van der Waals surface area contributed by atoms with Gasteiger partial charge in [0.25, 0.3) is 5.91 Å². The summed E-state index contributed by atoms with van der Waals surface area (Å²) < 4.78 is 15.2. The van der Waals surface area contributed by atoms with Crippen LogP contribution in [0.5, 0.6) is 0 Å². The molecule has 0 saturated heterocycles. The Hall–Kier alpha value is -3.78. The van der Waals surface area contributed by atoms with Crippen LogP contribution in [0.3, 0.4) is 0 Å². The average Bonchev–Trinajstić information content (AvgIpc) is 3.41. The van der Waals surface area contributed by atoms with Gasteiger partial charge >= 0.3 is 0 Å². The van der Waals surface area contributed by atoms with Gasteiger partial charge in [-0.2, -0.15) is 15.1 Å². The van der Waals surface area contributed by atoms with E-state index in [9.17, 15) is 9.18 Å². The van der Waals surface area contributed by atoms with Gasteiger partial charge in [-0.05, 0) is 85.3 Å². The summed E-state index contributed by atoms with van der Waals surface area (Å²) in [6.07, 6.45) is 3.60. The molecule has 0 unspecified atom stereocenters. The fourth-order valence-corrected chi connectivity index (χ4v) is 4.47. The fourth-order valence-electron chi connectivity index (χ4n) is 3.58. The van der Waals surface area contributed by atoms with Crippen molar-refractivity contribution in [1.82, 2.24) is 9.58 Å². The largest absolute Gasteiger partial charge is 0.317 e. The number of amidine groups is 2. The van der Waals surface area contributed by atoms with E-state index >= 15 is 0 Å². The normalized spacial score (nSPS) is 17.0. The molecular formula is C24H18FN5OS. The molecule has 158 valence electrons. The molecule has 2 aromatic carbocycles. The zero-order valence-corrected chi connectivity index (χ0v) is 18.2. The summed E-state index contributed by atoms with van der Waals surface area (Å²) in [5.74, 6) is -0.872. The molecule has 3 aromatic rings. The summed E-state index contributed by atoms with van der Waals surface area (Å²) in [6, 6.07) is 15.8. The van der Waals surface area contributed by atoms with Crippen LogP contribution in [0.4, 0.5) is 4.39 Å². The van der Waals surface area contributed by atoms with E-state index in [2.05, 4.69) is 30.0 Å². The number of nitrogens with zero attached hydrogens (tertiary/aromatic N) is 4. The number of benzene rings is 2. The molecule has 0 atom stereocenters. The third-order valence-corrected chi connectivity index (χ3v) is 6.41. The molecule has 3 heterocycles. The van der Waals surface area contributed by atoms with E-state index in [0.717, 1.165) is 16.9 Å². The summed E-state index contributed by atoms with van der Waals surface area (Å²) in [4.78, 5) is 16.9. The second kappa shape index (κ2) is 7.72. The Morgan fingerprint density at radius 2 is 1.84 bits per heavy atom. The number of carbonyl (C=O) groups is 1. The highest BCUT2D eigenvalue weighted by Gasteiger charge is 2.36. The molecule has 0 radical (unpaired) electrons. The summed E-state index contributed by atoms with van der Waals surface area (Å²) >= 11 is 1.18. The minimum atomic E-state index is -0.488. The molecule has 1 aromatic heterocycles. The number of aryl methyl sites for hydroxylation is 1. The van der Waals surface area contributed by atoms with Gasteiger partial charge in [0.1, 0.15) is 10.9 Å². The van der Waals surface area contributed by atoms with Crippen molar-refractivity contribution in [2.75, 3.05) is 0 Å². The second-order valence-corrected chi connectivity index (χ2v) is 8.41. The number of thioether (sulfide) groups is 1. The van der Waals surface area contributed by atoms with Crippen LogP contribution in [0.15, 0.2) is 76.5 Å². The van der Waals surface area contributed by atoms with Crippen LogP contribution in [-0.4, -0.2) is 31.5 Å². The van der Waals surface area contributed by atoms with Crippen molar-refractivity contribution in [2.45, 2.75) is 13.8 Å². The predicted molar refractivity (Wildman–Crippen MR) is 126 cm³/mol. The Labute approximate surface area is 188 Å². The Balaban J connectivity index is 1.51. The van der Waals surface area contributed by atoms with Crippen LogP contribution in [-0.2, 0) is 4.79 Å². The number of nitrogens with one attached hydrogen (secondary N) is 1. The van der Waals surface area contributed by atoms with Gasteiger partial charge in [0.2, 0.25) is 5.17 Å². The van der Waals surface area contributed by atoms with Gasteiger partial charge in [0, 0.05) is 23.1 Å². The molecule has 0 aliphatic carbocycles. The topological polar surface area (TPSA) is 73.8 Å². The lowest BCUT2D eigenvalue weighted by atomic mass is 10.1. The molecule has 6 nitrogen and oxygen atoms in total. The molecule has 1 amide bonds. The van der Waals surface area contributed by atoms with Gasteiger partial charge in [0.05, 0.1) is 5.57 Å². The van der Waals surface area contributed by atoms with E-state index in [-0.39, 0.29) is 17.2 Å². The van der Waals surface area contributed by atoms with Gasteiger partial charge in [-0.3, -0.25) is 10.2 Å². The molecule has 32 heavy (non-hydrogen) atoms. The third kappa shape index (κ3) is 3.38. The number of rotatable bonds is 3. The molecule has 2 aliphatic heterocycles. The first-order valence-corrected chi connectivity index (χ1v) is 10.7.